The molecule has 0 fully saturated rings. The Morgan fingerprint density at radius 2 is 2.13 bits per heavy atom. The molecule has 0 unspecified atom stereocenters. The number of isocyanates is 1. The van der Waals surface area contributed by atoms with Gasteiger partial charge >= 0.3 is 5.97 Å². The minimum Gasteiger partial charge on any atom is -0.465 e. The third-order valence-corrected chi connectivity index (χ3v) is 2.65. The first-order chi connectivity index (χ1) is 7.10. The van der Waals surface area contributed by atoms with Crippen LogP contribution in [0.15, 0.2) is 26.1 Å². The molecule has 0 saturated carbocycles. The van der Waals surface area contributed by atoms with Crippen molar-refractivity contribution in [2.45, 2.75) is 0 Å². The van der Waals surface area contributed by atoms with E-state index in [9.17, 15) is 9.59 Å². The molecule has 1 aromatic rings. The molecule has 6 heteroatoms. The molecular formula is C9H5Br2NO3. The lowest BCUT2D eigenvalue weighted by Gasteiger charge is -2.05. The molecule has 0 amide bonds. The molecule has 0 aromatic heterocycles. The highest BCUT2D eigenvalue weighted by Gasteiger charge is 2.15. The summed E-state index contributed by atoms with van der Waals surface area (Å²) in [5.74, 6) is -0.564. The minimum absolute atomic E-state index is 0.196. The average molecular weight is 335 g/mol. The van der Waals surface area contributed by atoms with E-state index in [0.29, 0.717) is 8.95 Å². The van der Waals surface area contributed by atoms with Crippen molar-refractivity contribution in [2.24, 2.45) is 4.99 Å². The Kier molecular flexibility index (Phi) is 4.20. The molecule has 78 valence electrons. The molecular weight excluding hydrogens is 330 g/mol. The van der Waals surface area contributed by atoms with E-state index in [0.717, 1.165) is 0 Å². The number of nitrogens with zero attached hydrogens (tertiary/aromatic N) is 1. The van der Waals surface area contributed by atoms with Crippen LogP contribution >= 0.6 is 31.9 Å². The molecule has 0 radical (unpaired) electrons. The topological polar surface area (TPSA) is 55.7 Å². The van der Waals surface area contributed by atoms with Crippen LogP contribution in [0.25, 0.3) is 0 Å². The molecule has 1 rings (SSSR count). The van der Waals surface area contributed by atoms with Gasteiger partial charge in [0.15, 0.2) is 0 Å². The van der Waals surface area contributed by atoms with Gasteiger partial charge in [-0.1, -0.05) is 15.9 Å². The zero-order chi connectivity index (χ0) is 11.4. The summed E-state index contributed by atoms with van der Waals surface area (Å²) in [6, 6.07) is 3.19. The van der Waals surface area contributed by atoms with Gasteiger partial charge in [-0.05, 0) is 28.1 Å². The first-order valence-corrected chi connectivity index (χ1v) is 5.34. The molecule has 0 bridgehead atoms. The maximum Gasteiger partial charge on any atom is 0.340 e. The second-order valence-electron chi connectivity index (χ2n) is 2.48. The number of methoxy groups -OCH3 is 1. The number of rotatable bonds is 2. The summed E-state index contributed by atoms with van der Waals surface area (Å²) < 4.78 is 5.76. The van der Waals surface area contributed by atoms with Gasteiger partial charge in [0.25, 0.3) is 0 Å². The van der Waals surface area contributed by atoms with Crippen molar-refractivity contribution in [3.05, 3.63) is 26.6 Å². The molecule has 0 N–H and O–H groups in total. The van der Waals surface area contributed by atoms with Crippen LogP contribution in [-0.4, -0.2) is 19.2 Å². The van der Waals surface area contributed by atoms with Gasteiger partial charge in [0, 0.05) is 8.95 Å². The Hall–Kier alpha value is -0.970. The van der Waals surface area contributed by atoms with E-state index in [1.807, 2.05) is 0 Å². The zero-order valence-corrected chi connectivity index (χ0v) is 10.8. The predicted octanol–water partition coefficient (Wildman–Crippen LogP) is 2.97. The Balaban J connectivity index is 3.45. The highest BCUT2D eigenvalue weighted by molar-refractivity contribution is 9.11. The van der Waals surface area contributed by atoms with Crippen LogP contribution in [0.2, 0.25) is 0 Å². The highest BCUT2D eigenvalue weighted by atomic mass is 79.9. The monoisotopic (exact) mass is 333 g/mol. The Morgan fingerprint density at radius 1 is 1.47 bits per heavy atom. The van der Waals surface area contributed by atoms with Gasteiger partial charge in [-0.2, -0.15) is 4.99 Å². The van der Waals surface area contributed by atoms with Gasteiger partial charge in [0.2, 0.25) is 6.08 Å². The van der Waals surface area contributed by atoms with Gasteiger partial charge in [0.05, 0.1) is 12.7 Å². The standard InChI is InChI=1S/C9H5Br2NO3/c1-15-9(14)6-2-5(10)3-7(11)8(6)12-4-13/h2-3H,1H3. The first kappa shape index (κ1) is 12.1. The molecule has 0 saturated heterocycles. The lowest BCUT2D eigenvalue weighted by atomic mass is 10.2. The summed E-state index contributed by atoms with van der Waals surface area (Å²) in [7, 11) is 1.26. The number of esters is 1. The van der Waals surface area contributed by atoms with Crippen LogP contribution in [0.1, 0.15) is 10.4 Å². The summed E-state index contributed by atoms with van der Waals surface area (Å²) in [5, 5.41) is 0. The van der Waals surface area contributed by atoms with Gasteiger partial charge < -0.3 is 4.74 Å². The summed E-state index contributed by atoms with van der Waals surface area (Å²) in [6.07, 6.45) is 1.39. The van der Waals surface area contributed by atoms with Gasteiger partial charge in [-0.25, -0.2) is 9.59 Å². The highest BCUT2D eigenvalue weighted by Crippen LogP contribution is 2.33. The Labute approximate surface area is 103 Å². The summed E-state index contributed by atoms with van der Waals surface area (Å²) in [4.78, 5) is 25.0. The van der Waals surface area contributed by atoms with Crippen LogP contribution in [0.5, 0.6) is 0 Å². The minimum atomic E-state index is -0.564. The molecule has 0 atom stereocenters. The molecule has 4 nitrogen and oxygen atoms in total. The van der Waals surface area contributed by atoms with Crippen molar-refractivity contribution >= 4 is 49.6 Å². The zero-order valence-electron chi connectivity index (χ0n) is 7.58. The van der Waals surface area contributed by atoms with Crippen LogP contribution in [-0.2, 0) is 9.53 Å². The lowest BCUT2D eigenvalue weighted by Crippen LogP contribution is -2.01. The number of benzene rings is 1. The second-order valence-corrected chi connectivity index (χ2v) is 4.25. The smallest absolute Gasteiger partial charge is 0.340 e. The fourth-order valence-electron chi connectivity index (χ4n) is 0.991. The van der Waals surface area contributed by atoms with Crippen molar-refractivity contribution in [1.82, 2.24) is 0 Å². The van der Waals surface area contributed by atoms with E-state index in [2.05, 4.69) is 41.6 Å². The number of hydrogen-bond donors (Lipinski definition) is 0. The maximum atomic E-state index is 11.4. The van der Waals surface area contributed by atoms with Crippen molar-refractivity contribution in [1.29, 1.82) is 0 Å². The third-order valence-electron chi connectivity index (χ3n) is 1.59. The Morgan fingerprint density at radius 3 is 2.67 bits per heavy atom. The maximum absolute atomic E-state index is 11.4. The largest absolute Gasteiger partial charge is 0.465 e. The SMILES string of the molecule is COC(=O)c1cc(Br)cc(Br)c1N=C=O. The number of carbonyl (C=O) groups is 1. The molecule has 0 aliphatic rings. The number of halogens is 2. The summed E-state index contributed by atoms with van der Waals surface area (Å²) in [5.41, 5.74) is 0.405. The van der Waals surface area contributed by atoms with E-state index >= 15 is 0 Å². The summed E-state index contributed by atoms with van der Waals surface area (Å²) in [6.45, 7) is 0. The van der Waals surface area contributed by atoms with E-state index in [4.69, 9.17) is 0 Å². The lowest BCUT2D eigenvalue weighted by molar-refractivity contribution is 0.0601. The van der Waals surface area contributed by atoms with Gasteiger partial charge in [-0.3, -0.25) is 0 Å². The van der Waals surface area contributed by atoms with Crippen LogP contribution in [0.3, 0.4) is 0 Å². The van der Waals surface area contributed by atoms with Crippen LogP contribution < -0.4 is 0 Å². The van der Waals surface area contributed by atoms with Crippen molar-refractivity contribution < 1.29 is 14.3 Å². The predicted molar refractivity (Wildman–Crippen MR) is 61.0 cm³/mol. The van der Waals surface area contributed by atoms with E-state index in [1.54, 1.807) is 6.07 Å². The molecule has 0 aliphatic carbocycles. The molecule has 15 heavy (non-hydrogen) atoms. The van der Waals surface area contributed by atoms with Crippen molar-refractivity contribution in [3.8, 4) is 0 Å². The number of ether oxygens (including phenoxy) is 1. The summed E-state index contributed by atoms with van der Waals surface area (Å²) >= 11 is 6.40. The normalized spacial score (nSPS) is 9.27. The van der Waals surface area contributed by atoms with Gasteiger partial charge in [-0.15, -0.1) is 0 Å². The van der Waals surface area contributed by atoms with Crippen molar-refractivity contribution in [2.75, 3.05) is 7.11 Å². The van der Waals surface area contributed by atoms with E-state index < -0.39 is 5.97 Å². The van der Waals surface area contributed by atoms with Crippen molar-refractivity contribution in [3.63, 3.8) is 0 Å². The molecule has 0 heterocycles. The van der Waals surface area contributed by atoms with Crippen LogP contribution in [0.4, 0.5) is 5.69 Å². The molecule has 0 spiro atoms. The third kappa shape index (κ3) is 2.75. The second kappa shape index (κ2) is 5.21. The van der Waals surface area contributed by atoms with Crippen LogP contribution in [0, 0.1) is 0 Å². The van der Waals surface area contributed by atoms with E-state index in [1.165, 1.54) is 19.3 Å². The average Bonchev–Trinajstić information content (AvgIpc) is 2.20. The fraction of sp³-hybridized carbons (Fsp3) is 0.111. The number of hydrogen-bond acceptors (Lipinski definition) is 4. The van der Waals surface area contributed by atoms with E-state index in [-0.39, 0.29) is 11.3 Å². The molecule has 1 aromatic carbocycles. The Bertz CT molecular complexity index is 453. The number of carbonyl (C=O) groups excluding carboxylic acids is 2. The first-order valence-electron chi connectivity index (χ1n) is 3.75. The molecule has 0 aliphatic heterocycles. The fourth-order valence-corrected chi connectivity index (χ4v) is 2.30. The van der Waals surface area contributed by atoms with Gasteiger partial charge in [0.1, 0.15) is 5.69 Å². The quantitative estimate of drug-likeness (QED) is 0.474. The number of aliphatic imine (C=N–C) groups is 1.